The number of aryl methyl sites for hydroxylation is 2. The minimum absolute atomic E-state index is 0.0293. The van der Waals surface area contributed by atoms with Crippen LogP contribution in [-0.4, -0.2) is 67.1 Å². The summed E-state index contributed by atoms with van der Waals surface area (Å²) in [5.41, 5.74) is 4.36. The average Bonchev–Trinajstić information content (AvgIpc) is 3.74. The number of pyridine rings is 1. The molecule has 5 heterocycles. The molecule has 252 valence electrons. The molecule has 1 N–H and O–H groups in total. The maximum absolute atomic E-state index is 13.9. The highest BCUT2D eigenvalue weighted by Crippen LogP contribution is 2.37. The third-order valence-electron chi connectivity index (χ3n) is 10.0. The van der Waals surface area contributed by atoms with Gasteiger partial charge in [0.2, 0.25) is 11.9 Å². The third-order valence-corrected chi connectivity index (χ3v) is 10.0. The van der Waals surface area contributed by atoms with Gasteiger partial charge in [0.15, 0.2) is 5.82 Å². The van der Waals surface area contributed by atoms with E-state index < -0.39 is 0 Å². The van der Waals surface area contributed by atoms with E-state index >= 15 is 0 Å². The van der Waals surface area contributed by atoms with Crippen molar-refractivity contribution in [2.75, 3.05) is 28.2 Å². The number of hydrogen-bond acceptors (Lipinski definition) is 10. The highest BCUT2D eigenvalue weighted by atomic mass is 16.7. The van der Waals surface area contributed by atoms with Crippen molar-refractivity contribution in [3.05, 3.63) is 78.4 Å². The number of piperidine rings is 1. The summed E-state index contributed by atoms with van der Waals surface area (Å²) in [7, 11) is 1.89. The van der Waals surface area contributed by atoms with Crippen LogP contribution in [-0.2, 0) is 23.1 Å². The maximum atomic E-state index is 13.9. The van der Waals surface area contributed by atoms with Gasteiger partial charge in [0, 0.05) is 81.4 Å². The summed E-state index contributed by atoms with van der Waals surface area (Å²) in [6.07, 6.45) is 14.2. The number of oxime groups is 1. The Morgan fingerprint density at radius 1 is 1.04 bits per heavy atom. The van der Waals surface area contributed by atoms with Gasteiger partial charge in [0.05, 0.1) is 18.1 Å². The van der Waals surface area contributed by atoms with Crippen molar-refractivity contribution in [2.24, 2.45) is 12.2 Å². The molecule has 2 fully saturated rings. The van der Waals surface area contributed by atoms with Crippen LogP contribution in [0.3, 0.4) is 0 Å². The summed E-state index contributed by atoms with van der Waals surface area (Å²) < 4.78 is 1.77. The van der Waals surface area contributed by atoms with Crippen LogP contribution in [0.15, 0.2) is 72.4 Å². The fourth-order valence-corrected chi connectivity index (χ4v) is 7.33. The van der Waals surface area contributed by atoms with Crippen LogP contribution in [0.4, 0.5) is 17.6 Å². The smallest absolute Gasteiger partial charge is 0.228 e. The Balaban J connectivity index is 1.02. The minimum atomic E-state index is -0.228. The molecule has 0 radical (unpaired) electrons. The predicted octanol–water partition coefficient (Wildman–Crippen LogP) is 5.67. The lowest BCUT2D eigenvalue weighted by Crippen LogP contribution is -2.45. The molecule has 4 aromatic rings. The third kappa shape index (κ3) is 7.26. The zero-order valence-electron chi connectivity index (χ0n) is 28.1. The lowest BCUT2D eigenvalue weighted by Gasteiger charge is -2.38. The molecule has 3 aliphatic rings. The monoisotopic (exact) mass is 658 g/mol. The van der Waals surface area contributed by atoms with Gasteiger partial charge in [-0.1, -0.05) is 35.5 Å². The van der Waals surface area contributed by atoms with E-state index in [-0.39, 0.29) is 23.6 Å². The number of rotatable bonds is 9. The van der Waals surface area contributed by atoms with Gasteiger partial charge in [-0.2, -0.15) is 15.3 Å². The molecule has 49 heavy (non-hydrogen) atoms. The highest BCUT2D eigenvalue weighted by molar-refractivity contribution is 5.93. The largest absolute Gasteiger partial charge is 0.389 e. The topological polar surface area (TPSA) is 137 Å². The van der Waals surface area contributed by atoms with Crippen LogP contribution in [0.25, 0.3) is 11.1 Å². The number of benzene rings is 1. The van der Waals surface area contributed by atoms with E-state index in [1.54, 1.807) is 10.9 Å². The molecule has 0 bridgehead atoms. The van der Waals surface area contributed by atoms with Crippen LogP contribution in [0.5, 0.6) is 0 Å². The first kappa shape index (κ1) is 32.2. The standard InChI is InChI=1S/C37H42N10O2/c1-26-20-37(49-44-26)16-18-46(19-17-37)35-29(21-38)23-40-36(43-35)42-31-10-12-32(13-11-31)47(34(48)15-8-27-6-4-3-5-7-27)33-14-9-28(22-39-33)30-24-41-45(2)25-30/h3-7,9,14,22-25,31-32H,8,10-13,15-20H2,1-2H3,(H,40,42,43)/t31-,32-. The van der Waals surface area contributed by atoms with Gasteiger partial charge in [-0.25, -0.2) is 9.97 Å². The number of hydrogen-bond donors (Lipinski definition) is 1. The summed E-state index contributed by atoms with van der Waals surface area (Å²) in [6.45, 7) is 3.49. The first-order valence-electron chi connectivity index (χ1n) is 17.2. The minimum Gasteiger partial charge on any atom is -0.389 e. The molecular weight excluding hydrogens is 616 g/mol. The van der Waals surface area contributed by atoms with Crippen molar-refractivity contribution in [2.45, 2.75) is 82.4 Å². The molecule has 12 heteroatoms. The molecular formula is C37H42N10O2. The summed E-state index contributed by atoms with van der Waals surface area (Å²) >= 11 is 0. The molecule has 1 aliphatic carbocycles. The van der Waals surface area contributed by atoms with Crippen molar-refractivity contribution < 1.29 is 9.63 Å². The maximum Gasteiger partial charge on any atom is 0.228 e. The summed E-state index contributed by atoms with van der Waals surface area (Å²) in [4.78, 5) is 37.9. The number of nitrogens with zero attached hydrogens (tertiary/aromatic N) is 9. The molecule has 1 aromatic carbocycles. The number of nitrogens with one attached hydrogen (secondary N) is 1. The van der Waals surface area contributed by atoms with Crippen molar-refractivity contribution in [3.8, 4) is 17.2 Å². The van der Waals surface area contributed by atoms with Gasteiger partial charge >= 0.3 is 0 Å². The number of carbonyl (C=O) groups excluding carboxylic acids is 1. The number of amides is 1. The van der Waals surface area contributed by atoms with E-state index in [9.17, 15) is 10.1 Å². The first-order valence-corrected chi connectivity index (χ1v) is 17.2. The predicted molar refractivity (Wildman–Crippen MR) is 188 cm³/mol. The number of nitriles is 1. The van der Waals surface area contributed by atoms with Crippen LogP contribution in [0, 0.1) is 11.3 Å². The number of anilines is 3. The molecule has 7 rings (SSSR count). The van der Waals surface area contributed by atoms with Gasteiger partial charge in [-0.15, -0.1) is 0 Å². The second kappa shape index (κ2) is 14.0. The van der Waals surface area contributed by atoms with Crippen LogP contribution in [0.1, 0.15) is 69.4 Å². The second-order valence-corrected chi connectivity index (χ2v) is 13.5. The molecule has 1 saturated heterocycles. The Hall–Kier alpha value is -5.31. The second-order valence-electron chi connectivity index (χ2n) is 13.5. The van der Waals surface area contributed by atoms with E-state index in [1.165, 1.54) is 0 Å². The molecule has 1 saturated carbocycles. The Kier molecular flexibility index (Phi) is 9.24. The Morgan fingerprint density at radius 2 is 1.84 bits per heavy atom. The fourth-order valence-electron chi connectivity index (χ4n) is 7.33. The van der Waals surface area contributed by atoms with Gasteiger partial charge in [0.1, 0.15) is 23.1 Å². The fraction of sp³-hybridized carbons (Fsp3) is 0.432. The van der Waals surface area contributed by atoms with E-state index in [2.05, 4.69) is 43.7 Å². The lowest BCUT2D eigenvalue weighted by molar-refractivity contribution is -0.119. The van der Waals surface area contributed by atoms with E-state index in [4.69, 9.17) is 14.8 Å². The zero-order valence-corrected chi connectivity index (χ0v) is 28.1. The summed E-state index contributed by atoms with van der Waals surface area (Å²) in [5.74, 6) is 1.94. The van der Waals surface area contributed by atoms with Crippen LogP contribution < -0.4 is 15.1 Å². The van der Waals surface area contributed by atoms with Crippen molar-refractivity contribution in [3.63, 3.8) is 0 Å². The molecule has 0 unspecified atom stereocenters. The normalized spacial score (nSPS) is 19.9. The van der Waals surface area contributed by atoms with Crippen LogP contribution >= 0.6 is 0 Å². The van der Waals surface area contributed by atoms with E-state index in [0.717, 1.165) is 80.4 Å². The molecule has 2 aliphatic heterocycles. The van der Waals surface area contributed by atoms with Gasteiger partial charge in [-0.3, -0.25) is 14.4 Å². The molecule has 1 amide bonds. The molecule has 1 spiro atoms. The quantitative estimate of drug-likeness (QED) is 0.241. The van der Waals surface area contributed by atoms with Crippen LogP contribution in [0.2, 0.25) is 0 Å². The highest BCUT2D eigenvalue weighted by Gasteiger charge is 2.41. The Bertz CT molecular complexity index is 1830. The van der Waals surface area contributed by atoms with Crippen molar-refractivity contribution in [1.29, 1.82) is 5.26 Å². The SMILES string of the molecule is CC1=NOC2(CCN(c3nc(N[C@H]4CC[C@H](N(C(=O)CCc5ccccc5)c5ccc(-c6cnn(C)c6)cn5)CC4)ncc3C#N)CC2)C1. The first-order chi connectivity index (χ1) is 23.9. The molecule has 3 aromatic heterocycles. The number of aromatic nitrogens is 5. The van der Waals surface area contributed by atoms with Gasteiger partial charge < -0.3 is 15.1 Å². The van der Waals surface area contributed by atoms with Crippen molar-refractivity contribution in [1.82, 2.24) is 24.7 Å². The van der Waals surface area contributed by atoms with E-state index in [1.807, 2.05) is 67.8 Å². The average molecular weight is 659 g/mol. The lowest BCUT2D eigenvalue weighted by atomic mass is 9.87. The van der Waals surface area contributed by atoms with E-state index in [0.29, 0.717) is 36.0 Å². The summed E-state index contributed by atoms with van der Waals surface area (Å²) in [5, 5.41) is 21.8. The van der Waals surface area contributed by atoms with Crippen molar-refractivity contribution >= 4 is 29.2 Å². The van der Waals surface area contributed by atoms with Gasteiger partial charge in [0.25, 0.3) is 0 Å². The van der Waals surface area contributed by atoms with Gasteiger partial charge in [-0.05, 0) is 56.7 Å². The number of carbonyl (C=O) groups is 1. The molecule has 12 nitrogen and oxygen atoms in total. The molecule has 0 atom stereocenters. The summed E-state index contributed by atoms with van der Waals surface area (Å²) in [6, 6.07) is 16.6. The zero-order chi connectivity index (χ0) is 33.8. The Labute approximate surface area is 286 Å². The Morgan fingerprint density at radius 3 is 2.49 bits per heavy atom.